The van der Waals surface area contributed by atoms with Gasteiger partial charge in [0.25, 0.3) is 5.56 Å². The van der Waals surface area contributed by atoms with Crippen molar-refractivity contribution in [2.75, 3.05) is 5.73 Å². The predicted octanol–water partition coefficient (Wildman–Crippen LogP) is 1.97. The highest BCUT2D eigenvalue weighted by Gasteiger charge is 2.27. The molecule has 1 aromatic carbocycles. The molecule has 2 heterocycles. The van der Waals surface area contributed by atoms with Crippen LogP contribution in [-0.4, -0.2) is 32.3 Å². The van der Waals surface area contributed by atoms with Gasteiger partial charge in [0.15, 0.2) is 5.01 Å². The van der Waals surface area contributed by atoms with E-state index in [1.807, 2.05) is 32.0 Å². The molecule has 9 heteroatoms. The van der Waals surface area contributed by atoms with E-state index in [4.69, 9.17) is 5.73 Å². The lowest BCUT2D eigenvalue weighted by atomic mass is 10.00. The lowest BCUT2D eigenvalue weighted by molar-refractivity contribution is -0.122. The molecule has 150 valence electrons. The molecule has 0 aliphatic heterocycles. The minimum atomic E-state index is -0.751. The Labute approximate surface area is 171 Å². The maximum Gasteiger partial charge on any atom is 0.277 e. The molecule has 0 fully saturated rings. The summed E-state index contributed by atoms with van der Waals surface area (Å²) in [5.74, 6) is -0.572. The average Bonchev–Trinajstić information content (AvgIpc) is 3.24. The van der Waals surface area contributed by atoms with Gasteiger partial charge in [-0.2, -0.15) is 0 Å². The molecule has 3 aromatic rings. The second-order valence-corrected chi connectivity index (χ2v) is 7.68. The van der Waals surface area contributed by atoms with Crippen molar-refractivity contribution in [2.45, 2.75) is 26.4 Å². The van der Waals surface area contributed by atoms with E-state index in [-0.39, 0.29) is 23.9 Å². The summed E-state index contributed by atoms with van der Waals surface area (Å²) in [6.45, 7) is 3.36. The Morgan fingerprint density at radius 3 is 2.55 bits per heavy atom. The highest BCUT2D eigenvalue weighted by atomic mass is 32.1. The maximum absolute atomic E-state index is 12.7. The molecule has 3 N–H and O–H groups in total. The van der Waals surface area contributed by atoms with E-state index in [1.54, 1.807) is 23.7 Å². The predicted molar refractivity (Wildman–Crippen MR) is 112 cm³/mol. The normalized spacial score (nSPS) is 12.0. The smallest absolute Gasteiger partial charge is 0.277 e. The first-order valence-corrected chi connectivity index (χ1v) is 9.90. The molecule has 0 saturated heterocycles. The lowest BCUT2D eigenvalue weighted by Crippen LogP contribution is -2.46. The van der Waals surface area contributed by atoms with Crippen LogP contribution in [0.2, 0.25) is 0 Å². The summed E-state index contributed by atoms with van der Waals surface area (Å²) in [7, 11) is 0. The Morgan fingerprint density at radius 1 is 1.21 bits per heavy atom. The fourth-order valence-electron chi connectivity index (χ4n) is 2.85. The van der Waals surface area contributed by atoms with E-state index >= 15 is 0 Å². The van der Waals surface area contributed by atoms with E-state index in [0.29, 0.717) is 16.4 Å². The van der Waals surface area contributed by atoms with Crippen LogP contribution in [0.4, 0.5) is 5.69 Å². The van der Waals surface area contributed by atoms with E-state index in [2.05, 4.69) is 15.3 Å². The van der Waals surface area contributed by atoms with Gasteiger partial charge in [0.05, 0.1) is 12.2 Å². The van der Waals surface area contributed by atoms with Gasteiger partial charge in [0, 0.05) is 17.1 Å². The summed E-state index contributed by atoms with van der Waals surface area (Å²) < 4.78 is 1.21. The molecule has 0 spiro atoms. The molecule has 1 unspecified atom stereocenters. The maximum atomic E-state index is 12.7. The molecule has 0 bridgehead atoms. The van der Waals surface area contributed by atoms with Crippen molar-refractivity contribution in [1.29, 1.82) is 0 Å². The van der Waals surface area contributed by atoms with E-state index < -0.39 is 17.5 Å². The van der Waals surface area contributed by atoms with Crippen LogP contribution in [0.5, 0.6) is 0 Å². The summed E-state index contributed by atoms with van der Waals surface area (Å²) >= 11 is 1.22. The number of anilines is 1. The lowest BCUT2D eigenvalue weighted by Gasteiger charge is -2.21. The zero-order valence-electron chi connectivity index (χ0n) is 16.0. The van der Waals surface area contributed by atoms with Crippen molar-refractivity contribution in [3.8, 4) is 11.4 Å². The zero-order chi connectivity index (χ0) is 21.0. The number of nitrogen functional groups attached to an aromatic ring is 1. The van der Waals surface area contributed by atoms with Crippen molar-refractivity contribution in [1.82, 2.24) is 19.9 Å². The van der Waals surface area contributed by atoms with Crippen LogP contribution in [0.3, 0.4) is 0 Å². The number of carbonyl (C=O) groups is 2. The minimum absolute atomic E-state index is 0.0586. The third-order valence-electron chi connectivity index (χ3n) is 4.32. The van der Waals surface area contributed by atoms with Crippen molar-refractivity contribution < 1.29 is 9.59 Å². The number of amides is 1. The number of nitrogens with one attached hydrogen (secondary N) is 1. The number of aromatic nitrogens is 3. The van der Waals surface area contributed by atoms with Gasteiger partial charge in [-0.1, -0.05) is 44.2 Å². The number of hydrogen-bond acceptors (Lipinski definition) is 7. The average molecular weight is 411 g/mol. The van der Waals surface area contributed by atoms with Gasteiger partial charge in [0.1, 0.15) is 18.1 Å². The number of thiazole rings is 1. The monoisotopic (exact) mass is 411 g/mol. The summed E-state index contributed by atoms with van der Waals surface area (Å²) in [5, 5.41) is 4.76. The van der Waals surface area contributed by atoms with Gasteiger partial charge >= 0.3 is 0 Å². The van der Waals surface area contributed by atoms with Gasteiger partial charge in [-0.25, -0.2) is 9.97 Å². The summed E-state index contributed by atoms with van der Waals surface area (Å²) in [5.41, 5.74) is 5.82. The van der Waals surface area contributed by atoms with Crippen molar-refractivity contribution in [3.05, 3.63) is 63.5 Å². The first-order valence-electron chi connectivity index (χ1n) is 9.02. The zero-order valence-corrected chi connectivity index (χ0v) is 16.8. The number of nitrogens with zero attached hydrogens (tertiary/aromatic N) is 3. The topological polar surface area (TPSA) is 120 Å². The number of rotatable bonds is 7. The second-order valence-electron chi connectivity index (χ2n) is 6.79. The van der Waals surface area contributed by atoms with Crippen LogP contribution >= 0.6 is 11.3 Å². The third kappa shape index (κ3) is 4.57. The minimum Gasteiger partial charge on any atom is -0.393 e. The number of benzene rings is 1. The summed E-state index contributed by atoms with van der Waals surface area (Å²) in [6.07, 6.45) is 2.82. The first kappa shape index (κ1) is 20.4. The first-order chi connectivity index (χ1) is 13.9. The highest BCUT2D eigenvalue weighted by Crippen LogP contribution is 2.16. The molecule has 8 nitrogen and oxygen atoms in total. The Morgan fingerprint density at radius 2 is 1.93 bits per heavy atom. The Kier molecular flexibility index (Phi) is 6.18. The van der Waals surface area contributed by atoms with Crippen molar-refractivity contribution in [3.63, 3.8) is 0 Å². The molecule has 3 rings (SSSR count). The number of hydrogen-bond donors (Lipinski definition) is 2. The number of ketones is 1. The number of Topliss-reactive ketones (excluding diaryl/α,β-unsaturated/α-hetero) is 1. The molecule has 1 amide bonds. The van der Waals surface area contributed by atoms with Gasteiger partial charge in [0.2, 0.25) is 11.7 Å². The quantitative estimate of drug-likeness (QED) is 0.574. The van der Waals surface area contributed by atoms with Crippen LogP contribution in [0.15, 0.2) is 52.9 Å². The number of nitrogens with two attached hydrogens (primary N) is 1. The van der Waals surface area contributed by atoms with Crippen LogP contribution in [0, 0.1) is 5.92 Å². The molecule has 2 aromatic heterocycles. The molecule has 1 atom stereocenters. The van der Waals surface area contributed by atoms with Gasteiger partial charge in [-0.3, -0.25) is 19.0 Å². The second kappa shape index (κ2) is 8.78. The molecular formula is C20H21N5O3S. The fraction of sp³-hybridized carbons (Fsp3) is 0.250. The molecule has 0 saturated carbocycles. The largest absolute Gasteiger partial charge is 0.393 e. The van der Waals surface area contributed by atoms with Crippen LogP contribution in [0.25, 0.3) is 11.4 Å². The van der Waals surface area contributed by atoms with Gasteiger partial charge < -0.3 is 11.1 Å². The van der Waals surface area contributed by atoms with E-state index in [9.17, 15) is 14.4 Å². The van der Waals surface area contributed by atoms with Crippen molar-refractivity contribution in [2.24, 2.45) is 5.92 Å². The Bertz CT molecular complexity index is 1060. The molecule has 0 aliphatic rings. The van der Waals surface area contributed by atoms with Gasteiger partial charge in [-0.05, 0) is 5.92 Å². The standard InChI is InChI=1S/C20H21N5O3S/c1-12(2)16(17(27)19-22-8-9-29-19)24-15(26)11-25-18(13-6-4-3-5-7-13)23-10-14(21)20(25)28/h3-10,12,16H,11,21H2,1-2H3,(H,24,26). The summed E-state index contributed by atoms with van der Waals surface area (Å²) in [6, 6.07) is 8.28. The van der Waals surface area contributed by atoms with Gasteiger partial charge in [-0.15, -0.1) is 11.3 Å². The molecular weight excluding hydrogens is 390 g/mol. The Hall–Kier alpha value is -3.33. The van der Waals surface area contributed by atoms with Crippen LogP contribution in [-0.2, 0) is 11.3 Å². The summed E-state index contributed by atoms with van der Waals surface area (Å²) in [4.78, 5) is 46.3. The van der Waals surface area contributed by atoms with Crippen molar-refractivity contribution >= 4 is 28.7 Å². The van der Waals surface area contributed by atoms with Crippen LogP contribution < -0.4 is 16.6 Å². The number of carbonyl (C=O) groups excluding carboxylic acids is 2. The SMILES string of the molecule is CC(C)C(NC(=O)Cn1c(-c2ccccc2)ncc(N)c1=O)C(=O)c1nccs1. The molecule has 0 radical (unpaired) electrons. The molecule has 0 aliphatic carbocycles. The third-order valence-corrected chi connectivity index (χ3v) is 5.10. The van der Waals surface area contributed by atoms with Crippen LogP contribution in [0.1, 0.15) is 23.6 Å². The van der Waals surface area contributed by atoms with E-state index in [1.165, 1.54) is 22.1 Å². The Balaban J connectivity index is 1.87. The molecule has 29 heavy (non-hydrogen) atoms. The highest BCUT2D eigenvalue weighted by molar-refractivity contribution is 7.11. The fourth-order valence-corrected chi connectivity index (χ4v) is 3.46. The van der Waals surface area contributed by atoms with E-state index in [0.717, 1.165) is 0 Å².